The number of fused-ring (bicyclic) bond motifs is 1. The summed E-state index contributed by atoms with van der Waals surface area (Å²) in [5.41, 5.74) is 2.05. The van der Waals surface area contributed by atoms with Crippen LogP contribution in [0.5, 0.6) is 0 Å². The lowest BCUT2D eigenvalue weighted by Crippen LogP contribution is -1.68. The standard InChI is InChI=1S/C7H5BrN2.C3H8/c8-5-2-1-3-6-7(5)10-4-9-6;1-3-2/h1-4H,(H,9,10);3H2,1-2H3. The molecule has 0 saturated carbocycles. The Morgan fingerprint density at radius 1 is 1.38 bits per heavy atom. The maximum absolute atomic E-state index is 4.12. The van der Waals surface area contributed by atoms with Crippen LogP contribution in [0.1, 0.15) is 20.3 Å². The van der Waals surface area contributed by atoms with E-state index in [-0.39, 0.29) is 0 Å². The zero-order chi connectivity index (χ0) is 9.68. The van der Waals surface area contributed by atoms with Gasteiger partial charge in [0.15, 0.2) is 0 Å². The first-order chi connectivity index (χ1) is 6.29. The summed E-state index contributed by atoms with van der Waals surface area (Å²) in [5, 5.41) is 0. The molecular formula is C10H13BrN2. The summed E-state index contributed by atoms with van der Waals surface area (Å²) in [6.07, 6.45) is 2.94. The van der Waals surface area contributed by atoms with Gasteiger partial charge in [-0.3, -0.25) is 0 Å². The average molecular weight is 241 g/mol. The Hall–Kier alpha value is -0.830. The number of aromatic nitrogens is 2. The third-order valence-corrected chi connectivity index (χ3v) is 2.04. The van der Waals surface area contributed by atoms with E-state index in [1.165, 1.54) is 6.42 Å². The van der Waals surface area contributed by atoms with Crippen LogP contribution in [0.15, 0.2) is 29.0 Å². The molecule has 0 saturated heterocycles. The maximum Gasteiger partial charge on any atom is 0.102 e. The highest BCUT2D eigenvalue weighted by molar-refractivity contribution is 9.10. The van der Waals surface area contributed by atoms with Crippen LogP contribution in [-0.4, -0.2) is 9.97 Å². The topological polar surface area (TPSA) is 28.7 Å². The fraction of sp³-hybridized carbons (Fsp3) is 0.300. The second-order valence-electron chi connectivity index (χ2n) is 2.75. The Morgan fingerprint density at radius 3 is 2.69 bits per heavy atom. The molecule has 13 heavy (non-hydrogen) atoms. The van der Waals surface area contributed by atoms with E-state index < -0.39 is 0 Å². The quantitative estimate of drug-likeness (QED) is 0.747. The Morgan fingerprint density at radius 2 is 2.08 bits per heavy atom. The molecule has 0 amide bonds. The minimum absolute atomic E-state index is 0.988. The van der Waals surface area contributed by atoms with Crippen molar-refractivity contribution in [1.29, 1.82) is 0 Å². The number of nitrogens with one attached hydrogen (secondary N) is 1. The van der Waals surface area contributed by atoms with Crippen molar-refractivity contribution in [3.8, 4) is 0 Å². The van der Waals surface area contributed by atoms with E-state index in [0.29, 0.717) is 0 Å². The van der Waals surface area contributed by atoms with Gasteiger partial charge in [-0.05, 0) is 28.1 Å². The van der Waals surface area contributed by atoms with Crippen molar-refractivity contribution in [2.24, 2.45) is 0 Å². The molecule has 2 nitrogen and oxygen atoms in total. The summed E-state index contributed by atoms with van der Waals surface area (Å²) in [6, 6.07) is 5.95. The number of hydrogen-bond donors (Lipinski definition) is 1. The Bertz CT molecular complexity index is 368. The predicted molar refractivity (Wildman–Crippen MR) is 59.8 cm³/mol. The van der Waals surface area contributed by atoms with Crippen LogP contribution in [0.4, 0.5) is 0 Å². The summed E-state index contributed by atoms with van der Waals surface area (Å²) >= 11 is 3.39. The molecule has 0 atom stereocenters. The number of nitrogens with zero attached hydrogens (tertiary/aromatic N) is 1. The number of para-hydroxylation sites is 1. The van der Waals surface area contributed by atoms with E-state index >= 15 is 0 Å². The Kier molecular flexibility index (Phi) is 3.96. The van der Waals surface area contributed by atoms with Crippen LogP contribution in [0.3, 0.4) is 0 Å². The van der Waals surface area contributed by atoms with Crippen LogP contribution in [0.25, 0.3) is 11.0 Å². The number of H-pyrrole nitrogens is 1. The van der Waals surface area contributed by atoms with E-state index in [1.54, 1.807) is 6.33 Å². The van der Waals surface area contributed by atoms with Gasteiger partial charge in [0.1, 0.15) is 5.52 Å². The van der Waals surface area contributed by atoms with Gasteiger partial charge in [-0.2, -0.15) is 0 Å². The SMILES string of the molecule is Brc1cccc2[nH]cnc12.CCC. The molecule has 3 heteroatoms. The highest BCUT2D eigenvalue weighted by Crippen LogP contribution is 2.19. The van der Waals surface area contributed by atoms with E-state index in [0.717, 1.165) is 15.5 Å². The monoisotopic (exact) mass is 240 g/mol. The van der Waals surface area contributed by atoms with Crippen molar-refractivity contribution < 1.29 is 0 Å². The minimum atomic E-state index is 0.988. The van der Waals surface area contributed by atoms with Crippen LogP contribution < -0.4 is 0 Å². The Labute approximate surface area is 86.5 Å². The van der Waals surface area contributed by atoms with Crippen molar-refractivity contribution in [1.82, 2.24) is 9.97 Å². The van der Waals surface area contributed by atoms with Crippen LogP contribution >= 0.6 is 15.9 Å². The summed E-state index contributed by atoms with van der Waals surface area (Å²) in [4.78, 5) is 7.14. The van der Waals surface area contributed by atoms with E-state index in [4.69, 9.17) is 0 Å². The molecule has 0 spiro atoms. The summed E-state index contributed by atoms with van der Waals surface area (Å²) in [7, 11) is 0. The lowest BCUT2D eigenvalue weighted by atomic mass is 10.3. The number of benzene rings is 1. The van der Waals surface area contributed by atoms with E-state index in [1.807, 2.05) is 18.2 Å². The van der Waals surface area contributed by atoms with Gasteiger partial charge in [-0.1, -0.05) is 26.3 Å². The molecule has 2 rings (SSSR count). The first-order valence-corrected chi connectivity index (χ1v) is 5.16. The number of aromatic amines is 1. The molecule has 1 N–H and O–H groups in total. The maximum atomic E-state index is 4.12. The largest absolute Gasteiger partial charge is 0.345 e. The lowest BCUT2D eigenvalue weighted by Gasteiger charge is -1.88. The number of imidazole rings is 1. The summed E-state index contributed by atoms with van der Waals surface area (Å²) in [5.74, 6) is 0. The van der Waals surface area contributed by atoms with Gasteiger partial charge in [0, 0.05) is 4.47 Å². The van der Waals surface area contributed by atoms with Gasteiger partial charge >= 0.3 is 0 Å². The molecule has 1 heterocycles. The van der Waals surface area contributed by atoms with Gasteiger partial charge in [0.2, 0.25) is 0 Å². The molecule has 0 fully saturated rings. The van der Waals surface area contributed by atoms with Crippen LogP contribution in [-0.2, 0) is 0 Å². The zero-order valence-corrected chi connectivity index (χ0v) is 9.43. The van der Waals surface area contributed by atoms with Gasteiger partial charge in [0.25, 0.3) is 0 Å². The van der Waals surface area contributed by atoms with E-state index in [2.05, 4.69) is 39.7 Å². The lowest BCUT2D eigenvalue weighted by molar-refractivity contribution is 1.09. The first kappa shape index (κ1) is 10.3. The number of halogens is 1. The number of hydrogen-bond acceptors (Lipinski definition) is 1. The predicted octanol–water partition coefficient (Wildman–Crippen LogP) is 3.74. The molecule has 0 radical (unpaired) electrons. The smallest absolute Gasteiger partial charge is 0.102 e. The molecule has 70 valence electrons. The second-order valence-corrected chi connectivity index (χ2v) is 3.60. The zero-order valence-electron chi connectivity index (χ0n) is 7.84. The highest BCUT2D eigenvalue weighted by Gasteiger charge is 1.96. The summed E-state index contributed by atoms with van der Waals surface area (Å²) < 4.78 is 1.03. The minimum Gasteiger partial charge on any atom is -0.345 e. The molecule has 1 aromatic heterocycles. The number of rotatable bonds is 0. The third kappa shape index (κ3) is 2.56. The van der Waals surface area contributed by atoms with Gasteiger partial charge < -0.3 is 4.98 Å². The van der Waals surface area contributed by atoms with Crippen LogP contribution in [0.2, 0.25) is 0 Å². The first-order valence-electron chi connectivity index (χ1n) is 4.37. The van der Waals surface area contributed by atoms with Gasteiger partial charge in [-0.15, -0.1) is 0 Å². The molecule has 2 aromatic rings. The molecule has 0 bridgehead atoms. The highest BCUT2D eigenvalue weighted by atomic mass is 79.9. The van der Waals surface area contributed by atoms with Gasteiger partial charge in [-0.25, -0.2) is 4.98 Å². The normalized spacial score (nSPS) is 9.46. The van der Waals surface area contributed by atoms with Crippen molar-refractivity contribution in [3.05, 3.63) is 29.0 Å². The molecule has 1 aromatic carbocycles. The molecule has 0 aliphatic rings. The molecule has 0 aliphatic heterocycles. The molecule has 0 aliphatic carbocycles. The van der Waals surface area contributed by atoms with Crippen molar-refractivity contribution in [2.75, 3.05) is 0 Å². The third-order valence-electron chi connectivity index (χ3n) is 1.40. The van der Waals surface area contributed by atoms with Crippen LogP contribution in [0, 0.1) is 0 Å². The van der Waals surface area contributed by atoms with Crippen molar-refractivity contribution >= 4 is 27.0 Å². The molecule has 0 unspecified atom stereocenters. The second kappa shape index (κ2) is 5.02. The Balaban J connectivity index is 0.000000251. The summed E-state index contributed by atoms with van der Waals surface area (Å²) in [6.45, 7) is 4.25. The van der Waals surface area contributed by atoms with E-state index in [9.17, 15) is 0 Å². The fourth-order valence-corrected chi connectivity index (χ4v) is 1.40. The fourth-order valence-electron chi connectivity index (χ4n) is 0.929. The molecular weight excluding hydrogens is 228 g/mol. The average Bonchev–Trinajstić information content (AvgIpc) is 2.54. The van der Waals surface area contributed by atoms with Gasteiger partial charge in [0.05, 0.1) is 11.8 Å². The van der Waals surface area contributed by atoms with Crippen molar-refractivity contribution in [2.45, 2.75) is 20.3 Å². The van der Waals surface area contributed by atoms with Crippen molar-refractivity contribution in [3.63, 3.8) is 0 Å².